The van der Waals surface area contributed by atoms with Crippen LogP contribution >= 0.6 is 0 Å². The molecule has 0 saturated heterocycles. The Hall–Kier alpha value is -1.75. The molecule has 1 aliphatic rings. The zero-order valence-corrected chi connectivity index (χ0v) is 10.0. The van der Waals surface area contributed by atoms with Crippen LogP contribution in [0.5, 0.6) is 5.75 Å². The molecule has 1 heterocycles. The summed E-state index contributed by atoms with van der Waals surface area (Å²) in [4.78, 5) is 13.1. The number of ether oxygens (including phenoxy) is 2. The molecular weight excluding hydrogens is 220 g/mol. The maximum absolute atomic E-state index is 11.5. The summed E-state index contributed by atoms with van der Waals surface area (Å²) < 4.78 is 10.3. The lowest BCUT2D eigenvalue weighted by atomic mass is 10.2. The number of nitrogens with zero attached hydrogens (tertiary/aromatic N) is 1. The van der Waals surface area contributed by atoms with Gasteiger partial charge in [-0.15, -0.1) is 0 Å². The molecule has 0 fully saturated rings. The third kappa shape index (κ3) is 2.50. The van der Waals surface area contributed by atoms with Gasteiger partial charge in [-0.3, -0.25) is 4.79 Å². The first kappa shape index (κ1) is 11.7. The number of carbonyl (C=O) groups excluding carboxylic acids is 1. The van der Waals surface area contributed by atoms with Crippen LogP contribution in [-0.2, 0) is 9.53 Å². The maximum Gasteiger partial charge on any atom is 0.264 e. The highest BCUT2D eigenvalue weighted by molar-refractivity contribution is 5.97. The van der Waals surface area contributed by atoms with Crippen molar-refractivity contribution in [2.75, 3.05) is 44.1 Å². The summed E-state index contributed by atoms with van der Waals surface area (Å²) in [5.41, 5.74) is 1.75. The second-order valence-electron chi connectivity index (χ2n) is 3.84. The quantitative estimate of drug-likeness (QED) is 0.795. The molecule has 1 aliphatic heterocycles. The fraction of sp³-hybridized carbons (Fsp3) is 0.417. The van der Waals surface area contributed by atoms with Gasteiger partial charge in [0, 0.05) is 26.4 Å². The minimum Gasteiger partial charge on any atom is -0.482 e. The fourth-order valence-corrected chi connectivity index (χ4v) is 1.68. The lowest BCUT2D eigenvalue weighted by molar-refractivity contribution is -0.120. The Morgan fingerprint density at radius 2 is 2.35 bits per heavy atom. The van der Waals surface area contributed by atoms with E-state index in [1.54, 1.807) is 19.1 Å². The van der Waals surface area contributed by atoms with Gasteiger partial charge in [0.2, 0.25) is 0 Å². The molecule has 0 radical (unpaired) electrons. The third-order valence-electron chi connectivity index (χ3n) is 2.68. The van der Waals surface area contributed by atoms with Crippen molar-refractivity contribution in [2.24, 2.45) is 0 Å². The minimum atomic E-state index is -0.0356. The minimum absolute atomic E-state index is 0.0356. The first-order valence-electron chi connectivity index (χ1n) is 5.48. The Morgan fingerprint density at radius 3 is 3.12 bits per heavy atom. The van der Waals surface area contributed by atoms with E-state index in [1.165, 1.54) is 0 Å². The van der Waals surface area contributed by atoms with Gasteiger partial charge in [-0.05, 0) is 18.2 Å². The molecule has 92 valence electrons. The number of carbonyl (C=O) groups is 1. The zero-order valence-electron chi connectivity index (χ0n) is 10.0. The van der Waals surface area contributed by atoms with Gasteiger partial charge in [0.25, 0.3) is 5.91 Å². The number of nitrogens with one attached hydrogen (secondary N) is 1. The largest absolute Gasteiger partial charge is 0.482 e. The van der Waals surface area contributed by atoms with Crippen molar-refractivity contribution in [3.05, 3.63) is 18.2 Å². The Bertz CT molecular complexity index is 420. The van der Waals surface area contributed by atoms with Crippen LogP contribution in [-0.4, -0.2) is 39.8 Å². The summed E-state index contributed by atoms with van der Waals surface area (Å²) >= 11 is 0. The van der Waals surface area contributed by atoms with Gasteiger partial charge < -0.3 is 19.7 Å². The first-order valence-corrected chi connectivity index (χ1v) is 5.48. The summed E-state index contributed by atoms with van der Waals surface area (Å²) in [6, 6.07) is 5.70. The van der Waals surface area contributed by atoms with E-state index in [9.17, 15) is 4.79 Å². The summed E-state index contributed by atoms with van der Waals surface area (Å²) in [5.74, 6) is 0.705. The topological polar surface area (TPSA) is 50.8 Å². The van der Waals surface area contributed by atoms with Crippen molar-refractivity contribution in [3.8, 4) is 5.75 Å². The smallest absolute Gasteiger partial charge is 0.264 e. The Labute approximate surface area is 100 Å². The number of methoxy groups -OCH3 is 1. The lowest BCUT2D eigenvalue weighted by Crippen LogP contribution is -2.35. The predicted octanol–water partition coefficient (Wildman–Crippen LogP) is 1.10. The van der Waals surface area contributed by atoms with Gasteiger partial charge in [0.15, 0.2) is 6.61 Å². The molecule has 1 aromatic rings. The maximum atomic E-state index is 11.5. The average molecular weight is 236 g/mol. The number of hydrogen-bond acceptors (Lipinski definition) is 4. The lowest BCUT2D eigenvalue weighted by Gasteiger charge is -2.26. The van der Waals surface area contributed by atoms with Crippen molar-refractivity contribution >= 4 is 17.3 Å². The molecule has 17 heavy (non-hydrogen) atoms. The summed E-state index contributed by atoms with van der Waals surface area (Å²) in [7, 11) is 3.41. The molecule has 0 aromatic heterocycles. The van der Waals surface area contributed by atoms with E-state index in [2.05, 4.69) is 5.32 Å². The second kappa shape index (κ2) is 5.05. The molecule has 2 rings (SSSR count). The molecule has 0 bridgehead atoms. The van der Waals surface area contributed by atoms with Crippen LogP contribution in [0.2, 0.25) is 0 Å². The SMILES string of the molecule is COCCNc1ccc2c(c1)N(C)C(=O)CO2. The normalized spacial score (nSPS) is 14.2. The van der Waals surface area contributed by atoms with Gasteiger partial charge in [0.05, 0.1) is 12.3 Å². The predicted molar refractivity (Wildman–Crippen MR) is 65.7 cm³/mol. The van der Waals surface area contributed by atoms with Crippen LogP contribution in [0.1, 0.15) is 0 Å². The van der Waals surface area contributed by atoms with E-state index in [0.29, 0.717) is 6.61 Å². The number of likely N-dealkylation sites (N-methyl/N-ethyl adjacent to an activating group) is 1. The van der Waals surface area contributed by atoms with Crippen LogP contribution in [0.4, 0.5) is 11.4 Å². The Kier molecular flexibility index (Phi) is 3.49. The number of anilines is 2. The number of fused-ring (bicyclic) bond motifs is 1. The standard InChI is InChI=1S/C12H16N2O3/c1-14-10-7-9(13-5-6-16-2)3-4-11(10)17-8-12(14)15/h3-4,7,13H,5-6,8H2,1-2H3. The van der Waals surface area contributed by atoms with Gasteiger partial charge in [-0.1, -0.05) is 0 Å². The molecule has 1 aromatic carbocycles. The molecule has 5 nitrogen and oxygen atoms in total. The van der Waals surface area contributed by atoms with Crippen LogP contribution in [0.15, 0.2) is 18.2 Å². The van der Waals surface area contributed by atoms with Gasteiger partial charge in [-0.2, -0.15) is 0 Å². The zero-order chi connectivity index (χ0) is 12.3. The van der Waals surface area contributed by atoms with E-state index >= 15 is 0 Å². The van der Waals surface area contributed by atoms with E-state index in [-0.39, 0.29) is 12.5 Å². The van der Waals surface area contributed by atoms with Gasteiger partial charge in [0.1, 0.15) is 5.75 Å². The van der Waals surface area contributed by atoms with Crippen LogP contribution in [0, 0.1) is 0 Å². The highest BCUT2D eigenvalue weighted by Gasteiger charge is 2.22. The van der Waals surface area contributed by atoms with Crippen molar-refractivity contribution in [1.82, 2.24) is 0 Å². The third-order valence-corrected chi connectivity index (χ3v) is 2.68. The highest BCUT2D eigenvalue weighted by Crippen LogP contribution is 2.33. The van der Waals surface area contributed by atoms with Crippen LogP contribution in [0.3, 0.4) is 0 Å². The van der Waals surface area contributed by atoms with Gasteiger partial charge in [-0.25, -0.2) is 0 Å². The first-order chi connectivity index (χ1) is 8.22. The summed E-state index contributed by atoms with van der Waals surface area (Å²) in [6.45, 7) is 1.48. The monoisotopic (exact) mass is 236 g/mol. The number of hydrogen-bond donors (Lipinski definition) is 1. The fourth-order valence-electron chi connectivity index (χ4n) is 1.68. The van der Waals surface area contributed by atoms with Crippen molar-refractivity contribution < 1.29 is 14.3 Å². The molecule has 5 heteroatoms. The molecule has 1 N–H and O–H groups in total. The van der Waals surface area contributed by atoms with E-state index in [4.69, 9.17) is 9.47 Å². The van der Waals surface area contributed by atoms with E-state index in [0.717, 1.165) is 23.7 Å². The molecule has 0 saturated carbocycles. The second-order valence-corrected chi connectivity index (χ2v) is 3.84. The van der Waals surface area contributed by atoms with Crippen molar-refractivity contribution in [1.29, 1.82) is 0 Å². The summed E-state index contributed by atoms with van der Waals surface area (Å²) in [5, 5.41) is 3.21. The summed E-state index contributed by atoms with van der Waals surface area (Å²) in [6.07, 6.45) is 0. The number of amides is 1. The Morgan fingerprint density at radius 1 is 1.53 bits per heavy atom. The molecule has 0 atom stereocenters. The molecular formula is C12H16N2O3. The van der Waals surface area contributed by atoms with E-state index < -0.39 is 0 Å². The van der Waals surface area contributed by atoms with Crippen molar-refractivity contribution in [2.45, 2.75) is 0 Å². The van der Waals surface area contributed by atoms with Crippen LogP contribution < -0.4 is 15.0 Å². The molecule has 1 amide bonds. The average Bonchev–Trinajstić information content (AvgIpc) is 2.35. The molecule has 0 unspecified atom stereocenters. The van der Waals surface area contributed by atoms with E-state index in [1.807, 2.05) is 18.2 Å². The number of benzene rings is 1. The van der Waals surface area contributed by atoms with Crippen molar-refractivity contribution in [3.63, 3.8) is 0 Å². The number of rotatable bonds is 4. The highest BCUT2D eigenvalue weighted by atomic mass is 16.5. The molecule has 0 spiro atoms. The van der Waals surface area contributed by atoms with Crippen LogP contribution in [0.25, 0.3) is 0 Å². The van der Waals surface area contributed by atoms with Gasteiger partial charge >= 0.3 is 0 Å². The molecule has 0 aliphatic carbocycles. The Balaban J connectivity index is 2.14.